The molecule has 0 spiro atoms. The van der Waals surface area contributed by atoms with Crippen LogP contribution in [0.2, 0.25) is 0 Å². The Balaban J connectivity index is 2.18. The van der Waals surface area contributed by atoms with Gasteiger partial charge in [-0.2, -0.15) is 10.1 Å². The van der Waals surface area contributed by atoms with Crippen molar-refractivity contribution in [3.63, 3.8) is 0 Å². The van der Waals surface area contributed by atoms with Crippen LogP contribution in [-0.4, -0.2) is 35.0 Å². The van der Waals surface area contributed by atoms with Crippen LogP contribution in [0.1, 0.15) is 52.8 Å². The molecule has 0 aromatic carbocycles. The smallest absolute Gasteiger partial charge is 0.357 e. The maximum absolute atomic E-state index is 12.6. The van der Waals surface area contributed by atoms with Gasteiger partial charge in [-0.05, 0) is 49.7 Å². The highest BCUT2D eigenvalue weighted by atomic mass is 16.5. The average Bonchev–Trinajstić information content (AvgIpc) is 3.03. The fourth-order valence-electron chi connectivity index (χ4n) is 3.37. The normalized spacial score (nSPS) is 18.1. The Bertz CT molecular complexity index is 950. The zero-order chi connectivity index (χ0) is 21.6. The molecule has 0 atom stereocenters. The number of carbonyl (C=O) groups is 1. The van der Waals surface area contributed by atoms with E-state index >= 15 is 0 Å². The van der Waals surface area contributed by atoms with E-state index in [1.807, 2.05) is 32.1 Å². The first kappa shape index (κ1) is 22.4. The van der Waals surface area contributed by atoms with E-state index in [0.717, 1.165) is 41.6 Å². The van der Waals surface area contributed by atoms with E-state index < -0.39 is 5.69 Å². The highest BCUT2D eigenvalue weighted by Gasteiger charge is 2.31. The van der Waals surface area contributed by atoms with Gasteiger partial charge in [0.05, 0.1) is 0 Å². The second kappa shape index (κ2) is 9.54. The van der Waals surface area contributed by atoms with Crippen LogP contribution >= 0.6 is 0 Å². The van der Waals surface area contributed by atoms with Crippen molar-refractivity contribution in [2.24, 2.45) is 5.41 Å². The molecule has 6 heteroatoms. The first-order valence-corrected chi connectivity index (χ1v) is 9.82. The van der Waals surface area contributed by atoms with Gasteiger partial charge in [0.15, 0.2) is 0 Å². The van der Waals surface area contributed by atoms with E-state index in [-0.39, 0.29) is 17.2 Å². The number of aromatic amines is 1. The lowest BCUT2D eigenvalue weighted by atomic mass is 9.72. The predicted molar refractivity (Wildman–Crippen MR) is 116 cm³/mol. The molecule has 0 fully saturated rings. The first-order chi connectivity index (χ1) is 13.6. The van der Waals surface area contributed by atoms with Gasteiger partial charge in [0.2, 0.25) is 5.91 Å². The number of carbonyl (C=O) groups excluding carboxylic acids is 1. The van der Waals surface area contributed by atoms with Crippen LogP contribution in [0.15, 0.2) is 62.0 Å². The Morgan fingerprint density at radius 2 is 1.93 bits per heavy atom. The summed E-state index contributed by atoms with van der Waals surface area (Å²) in [5.74, 6) is 0.354. The Kier molecular flexibility index (Phi) is 7.37. The number of amides is 1. The van der Waals surface area contributed by atoms with Crippen LogP contribution in [0.5, 0.6) is 0 Å². The SMILES string of the molecule is CC(/C=C/C1=C(C(=O)N(C)C)CCCC1(C)C)=C\C=C\C(C)=C\c1nc(=O)[nH]o1. The number of hydrogen-bond donors (Lipinski definition) is 1. The van der Waals surface area contributed by atoms with Gasteiger partial charge in [0, 0.05) is 25.7 Å². The van der Waals surface area contributed by atoms with E-state index in [9.17, 15) is 9.59 Å². The van der Waals surface area contributed by atoms with E-state index in [1.165, 1.54) is 0 Å². The molecular weight excluding hydrogens is 366 g/mol. The van der Waals surface area contributed by atoms with Gasteiger partial charge in [-0.1, -0.05) is 49.8 Å². The molecule has 0 radical (unpaired) electrons. The summed E-state index contributed by atoms with van der Waals surface area (Å²) >= 11 is 0. The van der Waals surface area contributed by atoms with Crippen LogP contribution in [0.4, 0.5) is 0 Å². The molecule has 1 heterocycles. The average molecular weight is 398 g/mol. The summed E-state index contributed by atoms with van der Waals surface area (Å²) < 4.78 is 4.91. The third-order valence-electron chi connectivity index (χ3n) is 4.98. The van der Waals surface area contributed by atoms with E-state index in [4.69, 9.17) is 4.52 Å². The molecule has 0 saturated heterocycles. The highest BCUT2D eigenvalue weighted by molar-refractivity contribution is 5.94. The van der Waals surface area contributed by atoms with Gasteiger partial charge in [-0.3, -0.25) is 4.79 Å². The van der Waals surface area contributed by atoms with Crippen molar-refractivity contribution in [2.75, 3.05) is 14.1 Å². The lowest BCUT2D eigenvalue weighted by molar-refractivity contribution is -0.125. The summed E-state index contributed by atoms with van der Waals surface area (Å²) in [4.78, 5) is 28.9. The second-order valence-corrected chi connectivity index (χ2v) is 8.28. The number of H-pyrrole nitrogens is 1. The van der Waals surface area contributed by atoms with Crippen LogP contribution in [0, 0.1) is 5.41 Å². The first-order valence-electron chi connectivity index (χ1n) is 9.82. The molecule has 0 saturated carbocycles. The Morgan fingerprint density at radius 1 is 1.21 bits per heavy atom. The number of nitrogens with zero attached hydrogens (tertiary/aromatic N) is 2. The van der Waals surface area contributed by atoms with Crippen molar-refractivity contribution >= 4 is 12.0 Å². The van der Waals surface area contributed by atoms with Crippen LogP contribution in [0.25, 0.3) is 6.08 Å². The molecular formula is C23H31N3O3. The molecule has 1 N–H and O–H groups in total. The molecule has 1 aliphatic rings. The van der Waals surface area contributed by atoms with E-state index in [2.05, 4.69) is 36.1 Å². The fraction of sp³-hybridized carbons (Fsp3) is 0.435. The van der Waals surface area contributed by atoms with Crippen molar-refractivity contribution < 1.29 is 9.32 Å². The van der Waals surface area contributed by atoms with Crippen molar-refractivity contribution in [1.29, 1.82) is 0 Å². The predicted octanol–water partition coefficient (Wildman–Crippen LogP) is 4.42. The molecule has 0 bridgehead atoms. The molecule has 29 heavy (non-hydrogen) atoms. The Hall–Kier alpha value is -2.89. The number of hydrogen-bond acceptors (Lipinski definition) is 4. The molecule has 156 valence electrons. The molecule has 2 rings (SSSR count). The summed E-state index contributed by atoms with van der Waals surface area (Å²) in [6.07, 6.45) is 14.6. The molecule has 1 aliphatic carbocycles. The Labute approximate surface area is 172 Å². The fourth-order valence-corrected chi connectivity index (χ4v) is 3.37. The maximum Gasteiger partial charge on any atom is 0.377 e. The minimum absolute atomic E-state index is 0.0152. The zero-order valence-corrected chi connectivity index (χ0v) is 18.2. The molecule has 0 aliphatic heterocycles. The van der Waals surface area contributed by atoms with Crippen molar-refractivity contribution in [3.8, 4) is 0 Å². The lowest BCUT2D eigenvalue weighted by Gasteiger charge is -2.34. The summed E-state index contributed by atoms with van der Waals surface area (Å²) in [6.45, 7) is 8.33. The lowest BCUT2D eigenvalue weighted by Crippen LogP contribution is -2.30. The quantitative estimate of drug-likeness (QED) is 0.721. The monoisotopic (exact) mass is 397 g/mol. The van der Waals surface area contributed by atoms with Crippen molar-refractivity contribution in [3.05, 3.63) is 69.0 Å². The van der Waals surface area contributed by atoms with Gasteiger partial charge in [-0.15, -0.1) is 0 Å². The minimum Gasteiger partial charge on any atom is -0.357 e. The summed E-state index contributed by atoms with van der Waals surface area (Å²) in [7, 11) is 3.61. The molecule has 1 aromatic heterocycles. The minimum atomic E-state index is -0.499. The Morgan fingerprint density at radius 3 is 2.55 bits per heavy atom. The summed E-state index contributed by atoms with van der Waals surface area (Å²) in [5, 5.41) is 2.16. The number of likely N-dealkylation sites (N-methyl/N-ethyl adjacent to an activating group) is 1. The van der Waals surface area contributed by atoms with Gasteiger partial charge in [0.25, 0.3) is 5.89 Å². The largest absolute Gasteiger partial charge is 0.377 e. The van der Waals surface area contributed by atoms with Crippen LogP contribution in [-0.2, 0) is 4.79 Å². The molecule has 0 unspecified atom stereocenters. The standard InChI is InChI=1S/C23H31N3O3/c1-16(9-7-10-17(2)15-20-24-22(28)25-29-20)12-13-19-18(21(27)26(5)6)11-8-14-23(19,3)4/h7,9-10,12-13,15H,8,11,14H2,1-6H3,(H,25,28)/b10-7+,13-12+,16-9+,17-15+. The van der Waals surface area contributed by atoms with E-state index in [0.29, 0.717) is 0 Å². The second-order valence-electron chi connectivity index (χ2n) is 8.28. The van der Waals surface area contributed by atoms with Crippen molar-refractivity contribution in [2.45, 2.75) is 47.0 Å². The third kappa shape index (κ3) is 6.31. The number of rotatable bonds is 6. The van der Waals surface area contributed by atoms with E-state index in [1.54, 1.807) is 25.1 Å². The molecule has 1 aromatic rings. The summed E-state index contributed by atoms with van der Waals surface area (Å²) in [5.41, 5.74) is 3.52. The van der Waals surface area contributed by atoms with Gasteiger partial charge in [-0.25, -0.2) is 4.79 Å². The van der Waals surface area contributed by atoms with Crippen molar-refractivity contribution in [1.82, 2.24) is 15.0 Å². The zero-order valence-electron chi connectivity index (χ0n) is 18.2. The van der Waals surface area contributed by atoms with Crippen LogP contribution < -0.4 is 5.69 Å². The topological polar surface area (TPSA) is 79.2 Å². The number of nitrogens with one attached hydrogen (secondary N) is 1. The highest BCUT2D eigenvalue weighted by Crippen LogP contribution is 2.41. The number of allylic oxidation sites excluding steroid dienone is 8. The summed E-state index contributed by atoms with van der Waals surface area (Å²) in [6, 6.07) is 0. The number of aromatic nitrogens is 2. The molecule has 6 nitrogen and oxygen atoms in total. The maximum atomic E-state index is 12.6. The van der Waals surface area contributed by atoms with Gasteiger partial charge >= 0.3 is 5.69 Å². The van der Waals surface area contributed by atoms with Crippen LogP contribution in [0.3, 0.4) is 0 Å². The van der Waals surface area contributed by atoms with Gasteiger partial charge in [0.1, 0.15) is 0 Å². The molecule has 1 amide bonds. The third-order valence-corrected chi connectivity index (χ3v) is 4.98. The van der Waals surface area contributed by atoms with Gasteiger partial charge < -0.3 is 9.42 Å².